The standard InChI is InChI=1S/C25H27ClN4O3S/c1-33-18-6-7-23-21(14-18)20(22(26)16-28-23)5-2-8-25(24(31)29-32)9-12-30(13-10-25)11-3-4-19-15-27-17-34-19/h6-7,14-17,32H,2,5,8-13H2,1H3,(H,29,31). The van der Waals surface area contributed by atoms with Crippen LogP contribution in [-0.2, 0) is 11.2 Å². The molecule has 1 fully saturated rings. The van der Waals surface area contributed by atoms with Crippen LogP contribution in [0.15, 0.2) is 36.1 Å². The van der Waals surface area contributed by atoms with E-state index in [4.69, 9.17) is 16.3 Å². The van der Waals surface area contributed by atoms with E-state index < -0.39 is 5.41 Å². The van der Waals surface area contributed by atoms with E-state index in [1.165, 1.54) is 11.3 Å². The molecule has 0 unspecified atom stereocenters. The van der Waals surface area contributed by atoms with Crippen LogP contribution >= 0.6 is 22.9 Å². The van der Waals surface area contributed by atoms with E-state index in [0.29, 0.717) is 37.3 Å². The molecule has 1 saturated heterocycles. The number of nitrogens with zero attached hydrogens (tertiary/aromatic N) is 3. The van der Waals surface area contributed by atoms with Gasteiger partial charge in [-0.1, -0.05) is 23.4 Å². The second-order valence-corrected chi connectivity index (χ2v) is 9.78. The number of aryl methyl sites for hydroxylation is 1. The summed E-state index contributed by atoms with van der Waals surface area (Å²) in [5, 5.41) is 11.0. The minimum absolute atomic E-state index is 0.310. The van der Waals surface area contributed by atoms with Gasteiger partial charge in [0.2, 0.25) is 5.91 Å². The van der Waals surface area contributed by atoms with Crippen LogP contribution in [0.3, 0.4) is 0 Å². The zero-order valence-corrected chi connectivity index (χ0v) is 20.6. The first-order valence-corrected chi connectivity index (χ1v) is 12.5. The van der Waals surface area contributed by atoms with E-state index in [-0.39, 0.29) is 5.91 Å². The molecular weight excluding hydrogens is 472 g/mol. The molecule has 4 rings (SSSR count). The zero-order chi connectivity index (χ0) is 24.0. The lowest BCUT2D eigenvalue weighted by Gasteiger charge is -2.39. The number of hydrogen-bond acceptors (Lipinski definition) is 7. The summed E-state index contributed by atoms with van der Waals surface area (Å²) >= 11 is 8.03. The maximum absolute atomic E-state index is 12.7. The number of nitrogens with one attached hydrogen (secondary N) is 1. The van der Waals surface area contributed by atoms with E-state index in [2.05, 4.69) is 26.7 Å². The molecule has 1 amide bonds. The highest BCUT2D eigenvalue weighted by atomic mass is 35.5. The number of hydrogen-bond donors (Lipinski definition) is 2. The third kappa shape index (κ3) is 5.50. The Balaban J connectivity index is 1.41. The lowest BCUT2D eigenvalue weighted by Crippen LogP contribution is -2.48. The van der Waals surface area contributed by atoms with Crippen LogP contribution in [0.4, 0.5) is 0 Å². The Morgan fingerprint density at radius 3 is 2.88 bits per heavy atom. The van der Waals surface area contributed by atoms with Gasteiger partial charge in [-0.15, -0.1) is 11.3 Å². The molecule has 34 heavy (non-hydrogen) atoms. The van der Waals surface area contributed by atoms with Crippen LogP contribution in [0.5, 0.6) is 5.75 Å². The molecule has 3 aromatic rings. The molecule has 3 heterocycles. The van der Waals surface area contributed by atoms with E-state index in [9.17, 15) is 10.0 Å². The van der Waals surface area contributed by atoms with Gasteiger partial charge >= 0.3 is 0 Å². The number of ether oxygens (including phenoxy) is 1. The van der Waals surface area contributed by atoms with Crippen molar-refractivity contribution in [3.05, 3.63) is 51.6 Å². The number of methoxy groups -OCH3 is 1. The van der Waals surface area contributed by atoms with E-state index in [0.717, 1.165) is 46.6 Å². The van der Waals surface area contributed by atoms with Crippen LogP contribution in [0, 0.1) is 17.3 Å². The molecule has 1 aliphatic rings. The fourth-order valence-corrected chi connectivity index (χ4v) is 5.28. The normalized spacial score (nSPS) is 15.5. The summed E-state index contributed by atoms with van der Waals surface area (Å²) in [6.07, 6.45) is 6.89. The first-order valence-electron chi connectivity index (χ1n) is 11.2. The number of fused-ring (bicyclic) bond motifs is 1. The van der Waals surface area contributed by atoms with E-state index in [1.54, 1.807) is 25.0 Å². The van der Waals surface area contributed by atoms with Gasteiger partial charge in [-0.25, -0.2) is 5.48 Å². The highest BCUT2D eigenvalue weighted by Crippen LogP contribution is 2.38. The van der Waals surface area contributed by atoms with Crippen molar-refractivity contribution in [2.45, 2.75) is 32.1 Å². The summed E-state index contributed by atoms with van der Waals surface area (Å²) in [4.78, 5) is 24.3. The number of carbonyl (C=O) groups is 1. The number of carbonyl (C=O) groups excluding carboxylic acids is 1. The van der Waals surface area contributed by atoms with Gasteiger partial charge in [0.15, 0.2) is 0 Å². The number of likely N-dealkylation sites (tertiary alicyclic amines) is 1. The largest absolute Gasteiger partial charge is 0.497 e. The summed E-state index contributed by atoms with van der Waals surface area (Å²) in [6.45, 7) is 2.15. The highest BCUT2D eigenvalue weighted by molar-refractivity contribution is 7.10. The van der Waals surface area contributed by atoms with Crippen molar-refractivity contribution in [2.24, 2.45) is 5.41 Å². The maximum Gasteiger partial charge on any atom is 0.249 e. The Morgan fingerprint density at radius 1 is 1.35 bits per heavy atom. The summed E-state index contributed by atoms with van der Waals surface area (Å²) in [7, 11) is 1.63. The lowest BCUT2D eigenvalue weighted by atomic mass is 9.73. The number of pyridine rings is 1. The van der Waals surface area contributed by atoms with Gasteiger partial charge in [0.05, 0.1) is 46.2 Å². The average molecular weight is 499 g/mol. The number of thiazole rings is 1. The molecule has 0 aliphatic carbocycles. The first kappa shape index (κ1) is 24.4. The van der Waals surface area contributed by atoms with Crippen molar-refractivity contribution in [1.29, 1.82) is 0 Å². The molecule has 0 spiro atoms. The number of amides is 1. The van der Waals surface area contributed by atoms with Gasteiger partial charge in [-0.2, -0.15) is 0 Å². The Bertz CT molecular complexity index is 1200. The lowest BCUT2D eigenvalue weighted by molar-refractivity contribution is -0.143. The van der Waals surface area contributed by atoms with Crippen molar-refractivity contribution >= 4 is 39.7 Å². The molecule has 0 saturated carbocycles. The second-order valence-electron chi connectivity index (χ2n) is 8.49. The predicted molar refractivity (Wildman–Crippen MR) is 133 cm³/mol. The first-order chi connectivity index (χ1) is 16.5. The predicted octanol–water partition coefficient (Wildman–Crippen LogP) is 4.32. The Morgan fingerprint density at radius 2 is 2.18 bits per heavy atom. The second kappa shape index (κ2) is 11.2. The van der Waals surface area contributed by atoms with Gasteiger partial charge in [-0.05, 0) is 55.9 Å². The number of hydroxylamine groups is 1. The van der Waals surface area contributed by atoms with Crippen LogP contribution in [0.25, 0.3) is 10.9 Å². The Labute approximate surface area is 208 Å². The highest BCUT2D eigenvalue weighted by Gasteiger charge is 2.40. The average Bonchev–Trinajstić information content (AvgIpc) is 3.39. The van der Waals surface area contributed by atoms with Crippen LogP contribution in [0.2, 0.25) is 5.02 Å². The molecule has 0 atom stereocenters. The van der Waals surface area contributed by atoms with Gasteiger partial charge in [-0.3, -0.25) is 24.9 Å². The van der Waals surface area contributed by atoms with Crippen molar-refractivity contribution in [3.8, 4) is 17.6 Å². The number of halogens is 1. The smallest absolute Gasteiger partial charge is 0.249 e. The SMILES string of the molecule is COc1ccc2ncc(Cl)c(CCCC3(C(=O)NO)CCN(CC#Cc4cncs4)CC3)c2c1. The summed E-state index contributed by atoms with van der Waals surface area (Å²) < 4.78 is 5.37. The zero-order valence-electron chi connectivity index (χ0n) is 19.0. The monoisotopic (exact) mass is 498 g/mol. The number of piperidine rings is 1. The van der Waals surface area contributed by atoms with Crippen molar-refractivity contribution in [1.82, 2.24) is 20.3 Å². The quantitative estimate of drug-likeness (QED) is 0.286. The number of rotatable bonds is 7. The summed E-state index contributed by atoms with van der Waals surface area (Å²) in [5.41, 5.74) is 4.93. The fourth-order valence-electron chi connectivity index (χ4n) is 4.55. The number of aromatic nitrogens is 2. The molecule has 1 aliphatic heterocycles. The molecule has 2 N–H and O–H groups in total. The van der Waals surface area contributed by atoms with Crippen molar-refractivity contribution in [3.63, 3.8) is 0 Å². The third-order valence-electron chi connectivity index (χ3n) is 6.56. The molecule has 0 bridgehead atoms. The van der Waals surface area contributed by atoms with Gasteiger partial charge < -0.3 is 4.74 Å². The van der Waals surface area contributed by atoms with E-state index >= 15 is 0 Å². The number of benzene rings is 1. The summed E-state index contributed by atoms with van der Waals surface area (Å²) in [6, 6.07) is 5.75. The van der Waals surface area contributed by atoms with Crippen LogP contribution < -0.4 is 10.2 Å². The minimum atomic E-state index is -0.608. The summed E-state index contributed by atoms with van der Waals surface area (Å²) in [5.74, 6) is 6.76. The maximum atomic E-state index is 12.7. The molecule has 178 valence electrons. The third-order valence-corrected chi connectivity index (χ3v) is 7.57. The minimum Gasteiger partial charge on any atom is -0.497 e. The molecular formula is C25H27ClN4O3S. The molecule has 0 radical (unpaired) electrons. The molecule has 7 nitrogen and oxygen atoms in total. The molecule has 2 aromatic heterocycles. The van der Waals surface area contributed by atoms with Crippen molar-refractivity contribution in [2.75, 3.05) is 26.7 Å². The van der Waals surface area contributed by atoms with Gasteiger partial charge in [0.25, 0.3) is 0 Å². The molecule has 9 heteroatoms. The molecule has 1 aromatic carbocycles. The van der Waals surface area contributed by atoms with Crippen LogP contribution in [0.1, 0.15) is 36.1 Å². The van der Waals surface area contributed by atoms with Crippen molar-refractivity contribution < 1.29 is 14.7 Å². The fraction of sp³-hybridized carbons (Fsp3) is 0.400. The van der Waals surface area contributed by atoms with Gasteiger partial charge in [0.1, 0.15) is 5.75 Å². The Kier molecular flexibility index (Phi) is 8.01. The van der Waals surface area contributed by atoms with E-state index in [1.807, 2.05) is 23.7 Å². The van der Waals surface area contributed by atoms with Gasteiger partial charge in [0, 0.05) is 24.7 Å². The Hall–Kier alpha value is -2.70. The topological polar surface area (TPSA) is 87.6 Å². The van der Waals surface area contributed by atoms with Crippen LogP contribution in [-0.4, -0.2) is 52.7 Å².